The maximum Gasteiger partial charge on any atom is 0.331 e. The lowest BCUT2D eigenvalue weighted by atomic mass is 10.2. The molecule has 0 spiro atoms. The first kappa shape index (κ1) is 19.8. The highest BCUT2D eigenvalue weighted by Gasteiger charge is 2.16. The average Bonchev–Trinajstić information content (AvgIpc) is 2.91. The number of halogens is 1. The fraction of sp³-hybridized carbons (Fsp3) is 0.316. The average molecular weight is 406 g/mol. The van der Waals surface area contributed by atoms with E-state index in [0.29, 0.717) is 46.7 Å². The Hall–Kier alpha value is -3.00. The van der Waals surface area contributed by atoms with Crippen LogP contribution in [0, 0.1) is 13.8 Å². The molecule has 0 fully saturated rings. The molecule has 0 bridgehead atoms. The topological polar surface area (TPSA) is 91.7 Å². The fourth-order valence-corrected chi connectivity index (χ4v) is 2.98. The highest BCUT2D eigenvalue weighted by molar-refractivity contribution is 6.32. The standard InChI is InChI=1S/C19H20ClN3O5/c1-11-18(12(2)23(3)22-11)21-16(24)10-28-17(25)5-4-13-8-14(20)19-15(9-13)26-6-7-27-19/h4-5,8-9H,6-7,10H2,1-3H3,(H,21,24)/b5-4+. The van der Waals surface area contributed by atoms with Crippen LogP contribution >= 0.6 is 11.6 Å². The van der Waals surface area contributed by atoms with Crippen molar-refractivity contribution in [3.63, 3.8) is 0 Å². The number of esters is 1. The molecule has 0 unspecified atom stereocenters. The number of nitrogens with one attached hydrogen (secondary N) is 1. The molecule has 9 heteroatoms. The van der Waals surface area contributed by atoms with E-state index in [1.807, 2.05) is 6.92 Å². The molecule has 0 saturated carbocycles. The summed E-state index contributed by atoms with van der Waals surface area (Å²) in [5.74, 6) is -0.0808. The summed E-state index contributed by atoms with van der Waals surface area (Å²) in [6.45, 7) is 4.09. The number of hydrogen-bond donors (Lipinski definition) is 1. The third-order valence-electron chi connectivity index (χ3n) is 4.15. The lowest BCUT2D eigenvalue weighted by Crippen LogP contribution is -2.20. The number of carbonyl (C=O) groups excluding carboxylic acids is 2. The van der Waals surface area contributed by atoms with Gasteiger partial charge in [-0.1, -0.05) is 11.6 Å². The van der Waals surface area contributed by atoms with Gasteiger partial charge in [0.2, 0.25) is 0 Å². The summed E-state index contributed by atoms with van der Waals surface area (Å²) in [5.41, 5.74) is 2.77. The summed E-state index contributed by atoms with van der Waals surface area (Å²) in [6.07, 6.45) is 2.75. The van der Waals surface area contributed by atoms with Gasteiger partial charge in [0, 0.05) is 13.1 Å². The second-order valence-corrected chi connectivity index (χ2v) is 6.59. The lowest BCUT2D eigenvalue weighted by Gasteiger charge is -2.19. The van der Waals surface area contributed by atoms with Crippen molar-refractivity contribution >= 4 is 35.2 Å². The molecule has 1 amide bonds. The third kappa shape index (κ3) is 4.45. The molecule has 1 aliphatic heterocycles. The molecular formula is C19H20ClN3O5. The second-order valence-electron chi connectivity index (χ2n) is 6.19. The Balaban J connectivity index is 1.55. The van der Waals surface area contributed by atoms with Gasteiger partial charge in [-0.25, -0.2) is 4.79 Å². The van der Waals surface area contributed by atoms with Crippen molar-refractivity contribution in [1.29, 1.82) is 0 Å². The van der Waals surface area contributed by atoms with E-state index in [9.17, 15) is 9.59 Å². The third-order valence-corrected chi connectivity index (χ3v) is 4.43. The number of aromatic nitrogens is 2. The molecule has 148 valence electrons. The van der Waals surface area contributed by atoms with Crippen LogP contribution in [0.4, 0.5) is 5.69 Å². The maximum atomic E-state index is 12.0. The molecule has 1 aromatic heterocycles. The number of amides is 1. The molecule has 3 rings (SSSR count). The first-order chi connectivity index (χ1) is 13.3. The minimum atomic E-state index is -0.652. The van der Waals surface area contributed by atoms with E-state index >= 15 is 0 Å². The van der Waals surface area contributed by atoms with Crippen LogP contribution in [0.25, 0.3) is 6.08 Å². The van der Waals surface area contributed by atoms with Gasteiger partial charge in [0.15, 0.2) is 18.1 Å². The SMILES string of the molecule is Cc1nn(C)c(C)c1NC(=O)COC(=O)/C=C/c1cc(Cl)c2c(c1)OCCO2. The summed E-state index contributed by atoms with van der Waals surface area (Å²) in [4.78, 5) is 23.9. The summed E-state index contributed by atoms with van der Waals surface area (Å²) < 4.78 is 17.6. The molecule has 0 aliphatic carbocycles. The van der Waals surface area contributed by atoms with Crippen LogP contribution < -0.4 is 14.8 Å². The zero-order chi connectivity index (χ0) is 20.3. The molecule has 28 heavy (non-hydrogen) atoms. The molecule has 0 radical (unpaired) electrons. The van der Waals surface area contributed by atoms with E-state index in [1.165, 1.54) is 12.2 Å². The zero-order valence-electron chi connectivity index (χ0n) is 15.7. The first-order valence-corrected chi connectivity index (χ1v) is 8.97. The van der Waals surface area contributed by atoms with E-state index < -0.39 is 18.5 Å². The van der Waals surface area contributed by atoms with Crippen LogP contribution in [0.3, 0.4) is 0 Å². The van der Waals surface area contributed by atoms with Crippen molar-refractivity contribution in [1.82, 2.24) is 9.78 Å². The van der Waals surface area contributed by atoms with Gasteiger partial charge in [0.25, 0.3) is 5.91 Å². The van der Waals surface area contributed by atoms with Gasteiger partial charge in [0.05, 0.1) is 22.1 Å². The fourth-order valence-electron chi connectivity index (χ4n) is 2.71. The molecule has 2 aromatic rings. The Kier molecular flexibility index (Phi) is 5.89. The van der Waals surface area contributed by atoms with Crippen LogP contribution in [-0.4, -0.2) is 41.5 Å². The quantitative estimate of drug-likeness (QED) is 0.607. The van der Waals surface area contributed by atoms with Crippen molar-refractivity contribution in [2.24, 2.45) is 7.05 Å². The Morgan fingerprint density at radius 3 is 2.79 bits per heavy atom. The van der Waals surface area contributed by atoms with E-state index in [-0.39, 0.29) is 0 Å². The van der Waals surface area contributed by atoms with Crippen LogP contribution in [0.15, 0.2) is 18.2 Å². The minimum absolute atomic E-state index is 0.395. The number of aryl methyl sites for hydroxylation is 2. The lowest BCUT2D eigenvalue weighted by molar-refractivity contribution is -0.142. The van der Waals surface area contributed by atoms with Gasteiger partial charge in [-0.15, -0.1) is 0 Å². The largest absolute Gasteiger partial charge is 0.486 e. The monoisotopic (exact) mass is 405 g/mol. The number of fused-ring (bicyclic) bond motifs is 1. The molecule has 1 aromatic carbocycles. The number of nitrogens with zero attached hydrogens (tertiary/aromatic N) is 2. The molecule has 8 nitrogen and oxygen atoms in total. The molecule has 1 aliphatic rings. The molecule has 1 N–H and O–H groups in total. The first-order valence-electron chi connectivity index (χ1n) is 8.59. The smallest absolute Gasteiger partial charge is 0.331 e. The number of hydrogen-bond acceptors (Lipinski definition) is 6. The molecule has 0 atom stereocenters. The highest BCUT2D eigenvalue weighted by atomic mass is 35.5. The van der Waals surface area contributed by atoms with Gasteiger partial charge in [0.1, 0.15) is 13.2 Å². The normalized spacial score (nSPS) is 12.9. The second kappa shape index (κ2) is 8.35. The zero-order valence-corrected chi connectivity index (χ0v) is 16.5. The van der Waals surface area contributed by atoms with Crippen molar-refractivity contribution in [2.45, 2.75) is 13.8 Å². The Morgan fingerprint density at radius 2 is 2.07 bits per heavy atom. The van der Waals surface area contributed by atoms with Crippen molar-refractivity contribution < 1.29 is 23.8 Å². The maximum absolute atomic E-state index is 12.0. The number of anilines is 1. The Bertz CT molecular complexity index is 952. The highest BCUT2D eigenvalue weighted by Crippen LogP contribution is 2.38. The summed E-state index contributed by atoms with van der Waals surface area (Å²) in [7, 11) is 1.78. The number of rotatable bonds is 5. The van der Waals surface area contributed by atoms with Gasteiger partial charge >= 0.3 is 5.97 Å². The van der Waals surface area contributed by atoms with Crippen LogP contribution in [-0.2, 0) is 21.4 Å². The molecular weight excluding hydrogens is 386 g/mol. The molecule has 0 saturated heterocycles. The van der Waals surface area contributed by atoms with Crippen molar-refractivity contribution in [3.8, 4) is 11.5 Å². The van der Waals surface area contributed by atoms with E-state index in [1.54, 1.807) is 30.8 Å². The number of ether oxygens (including phenoxy) is 3. The summed E-state index contributed by atoms with van der Waals surface area (Å²) in [6, 6.07) is 3.37. The van der Waals surface area contributed by atoms with Crippen LogP contribution in [0.1, 0.15) is 17.0 Å². The predicted molar refractivity (Wildman–Crippen MR) is 104 cm³/mol. The summed E-state index contributed by atoms with van der Waals surface area (Å²) in [5, 5.41) is 7.31. The Morgan fingerprint density at radius 1 is 1.32 bits per heavy atom. The predicted octanol–water partition coefficient (Wildman–Crippen LogP) is 2.66. The van der Waals surface area contributed by atoms with Gasteiger partial charge < -0.3 is 19.5 Å². The summed E-state index contributed by atoms with van der Waals surface area (Å²) >= 11 is 6.15. The minimum Gasteiger partial charge on any atom is -0.486 e. The van der Waals surface area contributed by atoms with E-state index in [2.05, 4.69) is 10.4 Å². The molecule has 2 heterocycles. The van der Waals surface area contributed by atoms with Crippen molar-refractivity contribution in [3.05, 3.63) is 40.2 Å². The van der Waals surface area contributed by atoms with E-state index in [4.69, 9.17) is 25.8 Å². The van der Waals surface area contributed by atoms with Crippen LogP contribution in [0.2, 0.25) is 5.02 Å². The van der Waals surface area contributed by atoms with Gasteiger partial charge in [-0.2, -0.15) is 5.10 Å². The Labute approximate surface area is 167 Å². The van der Waals surface area contributed by atoms with Gasteiger partial charge in [-0.05, 0) is 37.6 Å². The van der Waals surface area contributed by atoms with Crippen molar-refractivity contribution in [2.75, 3.05) is 25.1 Å². The van der Waals surface area contributed by atoms with Gasteiger partial charge in [-0.3, -0.25) is 9.48 Å². The van der Waals surface area contributed by atoms with Crippen LogP contribution in [0.5, 0.6) is 11.5 Å². The number of benzene rings is 1. The number of carbonyl (C=O) groups is 2. The van der Waals surface area contributed by atoms with E-state index in [0.717, 1.165) is 5.69 Å².